The Labute approximate surface area is 111 Å². The highest BCUT2D eigenvalue weighted by molar-refractivity contribution is 8.00. The Balaban J connectivity index is 1.75. The molecule has 2 unspecified atom stereocenters. The number of hydrogen-bond donors (Lipinski definition) is 3. The number of hydrogen-bond acceptors (Lipinski definition) is 3. The van der Waals surface area contributed by atoms with Gasteiger partial charge in [-0.25, -0.2) is 9.59 Å². The molecule has 0 aromatic rings. The first-order chi connectivity index (χ1) is 8.50. The number of thioether (sulfide) groups is 1. The predicted molar refractivity (Wildman–Crippen MR) is 70.8 cm³/mol. The van der Waals surface area contributed by atoms with Crippen LogP contribution < -0.4 is 10.6 Å². The molecule has 18 heavy (non-hydrogen) atoms. The van der Waals surface area contributed by atoms with Gasteiger partial charge in [0.2, 0.25) is 0 Å². The van der Waals surface area contributed by atoms with Gasteiger partial charge in [0.25, 0.3) is 0 Å². The molecule has 2 atom stereocenters. The molecule has 5 nitrogen and oxygen atoms in total. The topological polar surface area (TPSA) is 78.4 Å². The fourth-order valence-electron chi connectivity index (χ4n) is 2.25. The second-order valence-corrected chi connectivity index (χ2v) is 7.06. The van der Waals surface area contributed by atoms with E-state index in [-0.39, 0.29) is 16.7 Å². The number of amides is 2. The molecule has 2 amide bonds. The van der Waals surface area contributed by atoms with Gasteiger partial charge in [-0.3, -0.25) is 0 Å². The fourth-order valence-corrected chi connectivity index (χ4v) is 3.49. The molecule has 2 aliphatic rings. The first-order valence-corrected chi connectivity index (χ1v) is 7.40. The molecule has 0 spiro atoms. The molecular formula is C12H20N2O3S. The highest BCUT2D eigenvalue weighted by Gasteiger charge is 2.37. The average molecular weight is 272 g/mol. The third-order valence-electron chi connectivity index (χ3n) is 3.57. The molecule has 2 rings (SSSR count). The molecule has 1 saturated carbocycles. The van der Waals surface area contributed by atoms with E-state index in [9.17, 15) is 9.59 Å². The van der Waals surface area contributed by atoms with Crippen molar-refractivity contribution in [3.63, 3.8) is 0 Å². The van der Waals surface area contributed by atoms with Crippen LogP contribution in [-0.4, -0.2) is 40.2 Å². The summed E-state index contributed by atoms with van der Waals surface area (Å²) in [4.78, 5) is 22.7. The Bertz CT molecular complexity index is 338. The third-order valence-corrected chi connectivity index (χ3v) is 5.11. The number of carbonyl (C=O) groups is 2. The molecule has 6 heteroatoms. The maximum atomic E-state index is 11.7. The largest absolute Gasteiger partial charge is 0.480 e. The van der Waals surface area contributed by atoms with Gasteiger partial charge in [0.1, 0.15) is 6.04 Å². The molecule has 1 heterocycles. The monoisotopic (exact) mass is 272 g/mol. The average Bonchev–Trinajstić information content (AvgIpc) is 3.06. The van der Waals surface area contributed by atoms with E-state index in [4.69, 9.17) is 5.11 Å². The van der Waals surface area contributed by atoms with E-state index in [1.54, 1.807) is 0 Å². The Morgan fingerprint density at radius 1 is 1.50 bits per heavy atom. The molecule has 0 radical (unpaired) electrons. The minimum Gasteiger partial charge on any atom is -0.480 e. The van der Waals surface area contributed by atoms with Crippen molar-refractivity contribution in [2.45, 2.75) is 43.4 Å². The third kappa shape index (κ3) is 3.54. The van der Waals surface area contributed by atoms with Crippen LogP contribution in [0.15, 0.2) is 0 Å². The molecule has 2 fully saturated rings. The second-order valence-electron chi connectivity index (χ2n) is 5.38. The Hall–Kier alpha value is -0.910. The first kappa shape index (κ1) is 13.5. The summed E-state index contributed by atoms with van der Waals surface area (Å²) in [6.07, 6.45) is 4.07. The quantitative estimate of drug-likeness (QED) is 0.707. The van der Waals surface area contributed by atoms with Gasteiger partial charge < -0.3 is 15.7 Å². The lowest BCUT2D eigenvalue weighted by Crippen LogP contribution is -2.49. The number of aliphatic carboxylic acids is 1. The van der Waals surface area contributed by atoms with E-state index >= 15 is 0 Å². The standard InChI is InChI=1S/C12H20N2O3S/c1-12(5-2-6-18-12)7-13-11(17)14-9(10(15)16)8-3-4-8/h8-9H,2-7H2,1H3,(H,15,16)(H2,13,14,17). The second kappa shape index (κ2) is 5.38. The van der Waals surface area contributed by atoms with Gasteiger partial charge in [-0.1, -0.05) is 0 Å². The summed E-state index contributed by atoms with van der Waals surface area (Å²) in [7, 11) is 0. The van der Waals surface area contributed by atoms with Crippen LogP contribution in [0.3, 0.4) is 0 Å². The number of carbonyl (C=O) groups excluding carboxylic acids is 1. The molecule has 0 aromatic heterocycles. The summed E-state index contributed by atoms with van der Waals surface area (Å²) in [6, 6.07) is -1.09. The maximum absolute atomic E-state index is 11.7. The van der Waals surface area contributed by atoms with Crippen LogP contribution in [0, 0.1) is 5.92 Å². The van der Waals surface area contributed by atoms with Crippen molar-refractivity contribution in [1.29, 1.82) is 0 Å². The van der Waals surface area contributed by atoms with Gasteiger partial charge in [-0.15, -0.1) is 0 Å². The molecule has 102 valence electrons. The van der Waals surface area contributed by atoms with Crippen molar-refractivity contribution in [1.82, 2.24) is 10.6 Å². The summed E-state index contributed by atoms with van der Waals surface area (Å²) < 4.78 is 0.107. The van der Waals surface area contributed by atoms with Crippen LogP contribution in [0.1, 0.15) is 32.6 Å². The van der Waals surface area contributed by atoms with Gasteiger partial charge in [-0.05, 0) is 44.3 Å². The number of nitrogens with one attached hydrogen (secondary N) is 2. The van der Waals surface area contributed by atoms with Crippen LogP contribution in [0.4, 0.5) is 4.79 Å². The summed E-state index contributed by atoms with van der Waals surface area (Å²) in [6.45, 7) is 2.74. The lowest BCUT2D eigenvalue weighted by molar-refractivity contribution is -0.139. The molecule has 3 N–H and O–H groups in total. The van der Waals surface area contributed by atoms with Crippen molar-refractivity contribution < 1.29 is 14.7 Å². The summed E-state index contributed by atoms with van der Waals surface area (Å²) in [5.74, 6) is 0.318. The number of urea groups is 1. The highest BCUT2D eigenvalue weighted by Crippen LogP contribution is 2.37. The van der Waals surface area contributed by atoms with Gasteiger partial charge in [0, 0.05) is 11.3 Å². The van der Waals surface area contributed by atoms with Crippen molar-refractivity contribution in [3.8, 4) is 0 Å². The Morgan fingerprint density at radius 3 is 2.72 bits per heavy atom. The normalized spacial score (nSPS) is 28.7. The lowest BCUT2D eigenvalue weighted by Gasteiger charge is -2.23. The fraction of sp³-hybridized carbons (Fsp3) is 0.833. The van der Waals surface area contributed by atoms with E-state index in [2.05, 4.69) is 17.6 Å². The first-order valence-electron chi connectivity index (χ1n) is 6.41. The van der Waals surface area contributed by atoms with Crippen molar-refractivity contribution in [3.05, 3.63) is 0 Å². The summed E-state index contributed by atoms with van der Waals surface area (Å²) in [5.41, 5.74) is 0. The molecular weight excluding hydrogens is 252 g/mol. The Kier molecular flexibility index (Phi) is 4.04. The minimum absolute atomic E-state index is 0.107. The number of carboxylic acids is 1. The van der Waals surface area contributed by atoms with Gasteiger partial charge in [-0.2, -0.15) is 11.8 Å². The van der Waals surface area contributed by atoms with Gasteiger partial charge >= 0.3 is 12.0 Å². The van der Waals surface area contributed by atoms with E-state index in [1.807, 2.05) is 11.8 Å². The van der Waals surface area contributed by atoms with Gasteiger partial charge in [0.15, 0.2) is 0 Å². The zero-order valence-corrected chi connectivity index (χ0v) is 11.4. The smallest absolute Gasteiger partial charge is 0.326 e. The van der Waals surface area contributed by atoms with Crippen LogP contribution >= 0.6 is 11.8 Å². The van der Waals surface area contributed by atoms with Crippen molar-refractivity contribution in [2.24, 2.45) is 5.92 Å². The zero-order chi connectivity index (χ0) is 13.2. The number of rotatable bonds is 5. The molecule has 0 aromatic carbocycles. The van der Waals surface area contributed by atoms with Crippen molar-refractivity contribution >= 4 is 23.8 Å². The maximum Gasteiger partial charge on any atom is 0.326 e. The van der Waals surface area contributed by atoms with Gasteiger partial charge in [0.05, 0.1) is 0 Å². The molecule has 1 aliphatic carbocycles. The van der Waals surface area contributed by atoms with Crippen LogP contribution in [0.2, 0.25) is 0 Å². The SMILES string of the molecule is CC1(CNC(=O)NC(C(=O)O)C2CC2)CCCS1. The number of carboxylic acid groups (broad SMARTS) is 1. The van der Waals surface area contributed by atoms with E-state index in [1.165, 1.54) is 6.42 Å². The lowest BCUT2D eigenvalue weighted by atomic mass is 10.1. The molecule has 0 bridgehead atoms. The predicted octanol–water partition coefficient (Wildman–Crippen LogP) is 1.43. The Morgan fingerprint density at radius 2 is 2.22 bits per heavy atom. The van der Waals surface area contributed by atoms with E-state index in [0.29, 0.717) is 6.54 Å². The van der Waals surface area contributed by atoms with E-state index in [0.717, 1.165) is 25.0 Å². The van der Waals surface area contributed by atoms with Crippen LogP contribution in [0.5, 0.6) is 0 Å². The highest BCUT2D eigenvalue weighted by atomic mass is 32.2. The molecule has 1 saturated heterocycles. The zero-order valence-electron chi connectivity index (χ0n) is 10.6. The molecule has 1 aliphatic heterocycles. The van der Waals surface area contributed by atoms with Crippen molar-refractivity contribution in [2.75, 3.05) is 12.3 Å². The van der Waals surface area contributed by atoms with Crippen LogP contribution in [0.25, 0.3) is 0 Å². The van der Waals surface area contributed by atoms with E-state index < -0.39 is 12.0 Å². The minimum atomic E-state index is -0.936. The van der Waals surface area contributed by atoms with Crippen LogP contribution in [-0.2, 0) is 4.79 Å². The summed E-state index contributed by atoms with van der Waals surface area (Å²) >= 11 is 1.87. The summed E-state index contributed by atoms with van der Waals surface area (Å²) in [5, 5.41) is 14.4.